The van der Waals surface area contributed by atoms with E-state index < -0.39 is 10.7 Å². The number of rotatable bonds is 5. The average molecular weight is 292 g/mol. The van der Waals surface area contributed by atoms with Gasteiger partial charge in [0.2, 0.25) is 0 Å². The smallest absolute Gasteiger partial charge is 0.271 e. The van der Waals surface area contributed by atoms with Gasteiger partial charge in [0, 0.05) is 24.2 Å². The van der Waals surface area contributed by atoms with E-state index in [-0.39, 0.29) is 23.7 Å². The topological polar surface area (TPSA) is 84.6 Å². The van der Waals surface area contributed by atoms with Crippen LogP contribution in [0.4, 0.5) is 15.8 Å². The van der Waals surface area contributed by atoms with Gasteiger partial charge in [-0.05, 0) is 24.3 Å². The van der Waals surface area contributed by atoms with Gasteiger partial charge in [0.1, 0.15) is 17.3 Å². The van der Waals surface area contributed by atoms with Crippen molar-refractivity contribution in [1.29, 1.82) is 0 Å². The fourth-order valence-electron chi connectivity index (χ4n) is 1.78. The summed E-state index contributed by atoms with van der Waals surface area (Å²) in [5, 5.41) is 23.1. The molecule has 0 aliphatic carbocycles. The standard InChI is InChI=1S/C14H13FN2O4/c1-21-11-3-5-14(18)9(6-11)8-16-13-7-10(17(19)20)2-4-12(13)15/h2-7,16,18H,8H2,1H3. The molecule has 0 bridgehead atoms. The summed E-state index contributed by atoms with van der Waals surface area (Å²) in [6.07, 6.45) is 0. The Morgan fingerprint density at radius 3 is 2.76 bits per heavy atom. The van der Waals surface area contributed by atoms with Crippen LogP contribution in [0, 0.1) is 15.9 Å². The SMILES string of the molecule is COc1ccc(O)c(CNc2cc([N+](=O)[O-])ccc2F)c1. The number of hydrogen-bond acceptors (Lipinski definition) is 5. The Hall–Kier alpha value is -2.83. The van der Waals surface area contributed by atoms with Crippen molar-refractivity contribution >= 4 is 11.4 Å². The van der Waals surface area contributed by atoms with Crippen molar-refractivity contribution in [2.75, 3.05) is 12.4 Å². The van der Waals surface area contributed by atoms with Crippen LogP contribution in [0.5, 0.6) is 11.5 Å². The number of phenolic OH excluding ortho intramolecular Hbond substituents is 1. The van der Waals surface area contributed by atoms with Crippen LogP contribution < -0.4 is 10.1 Å². The maximum absolute atomic E-state index is 13.6. The summed E-state index contributed by atoms with van der Waals surface area (Å²) in [6.45, 7) is 0.0983. The number of halogens is 1. The van der Waals surface area contributed by atoms with Gasteiger partial charge in [-0.3, -0.25) is 10.1 Å². The third-order valence-corrected chi connectivity index (χ3v) is 2.92. The Labute approximate surface area is 119 Å². The van der Waals surface area contributed by atoms with Gasteiger partial charge in [-0.15, -0.1) is 0 Å². The van der Waals surface area contributed by atoms with E-state index in [1.165, 1.54) is 13.2 Å². The van der Waals surface area contributed by atoms with E-state index in [9.17, 15) is 19.6 Å². The molecule has 0 saturated heterocycles. The van der Waals surface area contributed by atoms with Gasteiger partial charge in [0.25, 0.3) is 5.69 Å². The number of benzene rings is 2. The van der Waals surface area contributed by atoms with Gasteiger partial charge >= 0.3 is 0 Å². The molecule has 0 amide bonds. The lowest BCUT2D eigenvalue weighted by molar-refractivity contribution is -0.384. The van der Waals surface area contributed by atoms with Gasteiger partial charge in [-0.1, -0.05) is 0 Å². The number of hydrogen-bond donors (Lipinski definition) is 2. The van der Waals surface area contributed by atoms with Gasteiger partial charge < -0.3 is 15.2 Å². The molecule has 0 aromatic heterocycles. The Morgan fingerprint density at radius 2 is 2.10 bits per heavy atom. The normalized spacial score (nSPS) is 10.2. The highest BCUT2D eigenvalue weighted by Crippen LogP contribution is 2.26. The third-order valence-electron chi connectivity index (χ3n) is 2.92. The van der Waals surface area contributed by atoms with Crippen molar-refractivity contribution in [2.24, 2.45) is 0 Å². The zero-order valence-electron chi connectivity index (χ0n) is 11.2. The molecule has 0 radical (unpaired) electrons. The molecule has 2 rings (SSSR count). The first-order valence-corrected chi connectivity index (χ1v) is 6.05. The fraction of sp³-hybridized carbons (Fsp3) is 0.143. The van der Waals surface area contributed by atoms with Gasteiger partial charge in [0.15, 0.2) is 0 Å². The molecule has 0 fully saturated rings. The highest BCUT2D eigenvalue weighted by molar-refractivity contribution is 5.53. The number of phenols is 1. The molecule has 0 atom stereocenters. The van der Waals surface area contributed by atoms with E-state index in [0.29, 0.717) is 11.3 Å². The second-order valence-corrected chi connectivity index (χ2v) is 4.27. The first-order valence-electron chi connectivity index (χ1n) is 6.05. The van der Waals surface area contributed by atoms with Crippen molar-refractivity contribution in [3.05, 3.63) is 57.9 Å². The first kappa shape index (κ1) is 14.6. The lowest BCUT2D eigenvalue weighted by Gasteiger charge is -2.10. The molecule has 2 aromatic carbocycles. The monoisotopic (exact) mass is 292 g/mol. The number of nitro groups is 1. The number of methoxy groups -OCH3 is 1. The minimum absolute atomic E-state index is 0.00794. The molecular formula is C14H13FN2O4. The van der Waals surface area contributed by atoms with E-state index in [1.807, 2.05) is 0 Å². The Balaban J connectivity index is 2.20. The van der Waals surface area contributed by atoms with Crippen LogP contribution in [0.1, 0.15) is 5.56 Å². The lowest BCUT2D eigenvalue weighted by atomic mass is 10.1. The molecule has 2 N–H and O–H groups in total. The molecule has 0 aliphatic heterocycles. The van der Waals surface area contributed by atoms with Gasteiger partial charge in [-0.25, -0.2) is 4.39 Å². The van der Waals surface area contributed by atoms with Crippen molar-refractivity contribution in [3.8, 4) is 11.5 Å². The van der Waals surface area contributed by atoms with Crippen LogP contribution in [-0.2, 0) is 6.54 Å². The largest absolute Gasteiger partial charge is 0.508 e. The van der Waals surface area contributed by atoms with E-state index in [1.54, 1.807) is 12.1 Å². The van der Waals surface area contributed by atoms with E-state index in [4.69, 9.17) is 4.74 Å². The molecule has 6 nitrogen and oxygen atoms in total. The summed E-state index contributed by atoms with van der Waals surface area (Å²) in [5.74, 6) is -0.0405. The third kappa shape index (κ3) is 3.38. The number of ether oxygens (including phenoxy) is 1. The zero-order chi connectivity index (χ0) is 15.4. The van der Waals surface area contributed by atoms with E-state index in [2.05, 4.69) is 5.32 Å². The minimum atomic E-state index is -0.608. The number of nitro benzene ring substituents is 1. The molecule has 0 unspecified atom stereocenters. The van der Waals surface area contributed by atoms with Gasteiger partial charge in [0.05, 0.1) is 17.7 Å². The van der Waals surface area contributed by atoms with Crippen LogP contribution in [-0.4, -0.2) is 17.1 Å². The fourth-order valence-corrected chi connectivity index (χ4v) is 1.78. The second kappa shape index (κ2) is 6.08. The number of nitrogens with one attached hydrogen (secondary N) is 1. The number of non-ortho nitro benzene ring substituents is 1. The highest BCUT2D eigenvalue weighted by atomic mass is 19.1. The summed E-state index contributed by atoms with van der Waals surface area (Å²) < 4.78 is 18.6. The molecule has 0 heterocycles. The average Bonchev–Trinajstić information content (AvgIpc) is 2.47. The van der Waals surface area contributed by atoms with Crippen molar-refractivity contribution in [2.45, 2.75) is 6.54 Å². The second-order valence-electron chi connectivity index (χ2n) is 4.27. The van der Waals surface area contributed by atoms with Crippen LogP contribution in [0.2, 0.25) is 0 Å². The molecule has 7 heteroatoms. The molecule has 0 spiro atoms. The minimum Gasteiger partial charge on any atom is -0.508 e. The summed E-state index contributed by atoms with van der Waals surface area (Å²) >= 11 is 0. The molecule has 2 aromatic rings. The first-order chi connectivity index (χ1) is 10.0. The zero-order valence-corrected chi connectivity index (χ0v) is 11.2. The summed E-state index contributed by atoms with van der Waals surface area (Å²) in [7, 11) is 1.49. The molecule has 0 aliphatic rings. The van der Waals surface area contributed by atoms with Gasteiger partial charge in [-0.2, -0.15) is 0 Å². The van der Waals surface area contributed by atoms with Crippen molar-refractivity contribution in [1.82, 2.24) is 0 Å². The summed E-state index contributed by atoms with van der Waals surface area (Å²) in [4.78, 5) is 10.1. The Morgan fingerprint density at radius 1 is 1.33 bits per heavy atom. The maximum atomic E-state index is 13.6. The quantitative estimate of drug-likeness (QED) is 0.653. The number of aromatic hydroxyl groups is 1. The summed E-state index contributed by atoms with van der Waals surface area (Å²) in [6, 6.07) is 7.85. The highest BCUT2D eigenvalue weighted by Gasteiger charge is 2.11. The molecule has 0 saturated carbocycles. The van der Waals surface area contributed by atoms with E-state index >= 15 is 0 Å². The van der Waals surface area contributed by atoms with Crippen LogP contribution >= 0.6 is 0 Å². The molecular weight excluding hydrogens is 279 g/mol. The Kier molecular flexibility index (Phi) is 4.22. The van der Waals surface area contributed by atoms with Crippen molar-refractivity contribution < 1.29 is 19.2 Å². The van der Waals surface area contributed by atoms with E-state index in [0.717, 1.165) is 18.2 Å². The predicted molar refractivity (Wildman–Crippen MR) is 75.0 cm³/mol. The number of nitrogens with zero attached hydrogens (tertiary/aromatic N) is 1. The molecule has 21 heavy (non-hydrogen) atoms. The summed E-state index contributed by atoms with van der Waals surface area (Å²) in [5.41, 5.74) is 0.264. The van der Waals surface area contributed by atoms with Crippen molar-refractivity contribution in [3.63, 3.8) is 0 Å². The molecule has 110 valence electrons. The van der Waals surface area contributed by atoms with Crippen LogP contribution in [0.3, 0.4) is 0 Å². The predicted octanol–water partition coefficient (Wildman–Crippen LogP) is 3.06. The lowest BCUT2D eigenvalue weighted by Crippen LogP contribution is -2.03. The van der Waals surface area contributed by atoms with Crippen LogP contribution in [0.25, 0.3) is 0 Å². The Bertz CT molecular complexity index is 676. The number of anilines is 1. The van der Waals surface area contributed by atoms with Crippen LogP contribution in [0.15, 0.2) is 36.4 Å². The maximum Gasteiger partial charge on any atom is 0.271 e.